The molecule has 3 rings (SSSR count). The standard InChI is InChI=1S/C21H26N2O4.ClH/c1-25-18-11-16(21(24)23-13-17-9-6-10-22-17)12-19(26-2)20(18)27-14-15-7-4-3-5-8-15;/h3-5,7-8,11-12,17,22H,6,9-10,13-14H2,1-2H3,(H,23,24);1H. The van der Waals surface area contributed by atoms with Gasteiger partial charge in [0.1, 0.15) is 6.61 Å². The van der Waals surface area contributed by atoms with Crippen molar-refractivity contribution in [3.8, 4) is 17.2 Å². The summed E-state index contributed by atoms with van der Waals surface area (Å²) in [5.41, 5.74) is 1.52. The van der Waals surface area contributed by atoms with Gasteiger partial charge in [-0.1, -0.05) is 30.3 Å². The van der Waals surface area contributed by atoms with E-state index in [1.165, 1.54) is 0 Å². The second-order valence-corrected chi connectivity index (χ2v) is 6.49. The van der Waals surface area contributed by atoms with E-state index in [0.29, 0.717) is 42.0 Å². The number of amides is 1. The normalized spacial score (nSPS) is 15.4. The summed E-state index contributed by atoms with van der Waals surface area (Å²) in [6.45, 7) is 2.00. The Morgan fingerprint density at radius 3 is 2.39 bits per heavy atom. The first-order chi connectivity index (χ1) is 13.2. The van der Waals surface area contributed by atoms with E-state index in [1.807, 2.05) is 30.3 Å². The number of benzene rings is 2. The first kappa shape index (κ1) is 21.9. The molecule has 1 heterocycles. The highest BCUT2D eigenvalue weighted by molar-refractivity contribution is 5.95. The third kappa shape index (κ3) is 5.53. The minimum absolute atomic E-state index is 0. The Labute approximate surface area is 172 Å². The molecule has 2 aromatic rings. The van der Waals surface area contributed by atoms with E-state index in [1.54, 1.807) is 26.4 Å². The molecule has 1 aliphatic rings. The van der Waals surface area contributed by atoms with E-state index in [2.05, 4.69) is 10.6 Å². The lowest BCUT2D eigenvalue weighted by molar-refractivity contribution is 0.0949. The Bertz CT molecular complexity index is 739. The van der Waals surface area contributed by atoms with E-state index in [0.717, 1.165) is 24.9 Å². The summed E-state index contributed by atoms with van der Waals surface area (Å²) in [4.78, 5) is 12.5. The van der Waals surface area contributed by atoms with Gasteiger partial charge in [-0.2, -0.15) is 0 Å². The van der Waals surface area contributed by atoms with Gasteiger partial charge in [0.25, 0.3) is 5.91 Å². The van der Waals surface area contributed by atoms with Gasteiger partial charge in [0.05, 0.1) is 14.2 Å². The van der Waals surface area contributed by atoms with Crippen LogP contribution in [0.25, 0.3) is 0 Å². The van der Waals surface area contributed by atoms with Crippen molar-refractivity contribution < 1.29 is 19.0 Å². The molecule has 1 atom stereocenters. The fourth-order valence-electron chi connectivity index (χ4n) is 3.13. The largest absolute Gasteiger partial charge is 0.493 e. The lowest BCUT2D eigenvalue weighted by atomic mass is 10.1. The van der Waals surface area contributed by atoms with Gasteiger partial charge < -0.3 is 24.8 Å². The molecule has 2 aromatic carbocycles. The Balaban J connectivity index is 0.00000280. The van der Waals surface area contributed by atoms with Crippen LogP contribution in [0.15, 0.2) is 42.5 Å². The quantitative estimate of drug-likeness (QED) is 0.704. The van der Waals surface area contributed by atoms with Crippen LogP contribution in [0, 0.1) is 0 Å². The predicted molar refractivity (Wildman–Crippen MR) is 111 cm³/mol. The van der Waals surface area contributed by atoms with E-state index < -0.39 is 0 Å². The molecule has 0 aromatic heterocycles. The number of ether oxygens (including phenoxy) is 3. The summed E-state index contributed by atoms with van der Waals surface area (Å²) in [6.07, 6.45) is 2.23. The monoisotopic (exact) mass is 406 g/mol. The van der Waals surface area contributed by atoms with Crippen molar-refractivity contribution in [2.45, 2.75) is 25.5 Å². The van der Waals surface area contributed by atoms with Gasteiger partial charge in [0.2, 0.25) is 5.75 Å². The van der Waals surface area contributed by atoms with Gasteiger partial charge in [-0.3, -0.25) is 4.79 Å². The highest BCUT2D eigenvalue weighted by Gasteiger charge is 2.19. The van der Waals surface area contributed by atoms with Crippen LogP contribution in [0.3, 0.4) is 0 Å². The Hall–Kier alpha value is -2.44. The number of rotatable bonds is 8. The molecule has 1 saturated heterocycles. The third-order valence-corrected chi connectivity index (χ3v) is 4.62. The van der Waals surface area contributed by atoms with Gasteiger partial charge in [-0.25, -0.2) is 0 Å². The molecule has 0 saturated carbocycles. The van der Waals surface area contributed by atoms with Crippen molar-refractivity contribution in [1.82, 2.24) is 10.6 Å². The summed E-state index contributed by atoms with van der Waals surface area (Å²) < 4.78 is 16.8. The minimum atomic E-state index is -0.157. The predicted octanol–water partition coefficient (Wildman–Crippen LogP) is 3.19. The van der Waals surface area contributed by atoms with Gasteiger partial charge in [0.15, 0.2) is 11.5 Å². The second kappa shape index (κ2) is 10.8. The third-order valence-electron chi connectivity index (χ3n) is 4.62. The van der Waals surface area contributed by atoms with Crippen molar-refractivity contribution in [3.63, 3.8) is 0 Å². The van der Waals surface area contributed by atoms with Crippen LogP contribution in [0.2, 0.25) is 0 Å². The number of nitrogens with one attached hydrogen (secondary N) is 2. The SMILES string of the molecule is COc1cc(C(=O)NCC2CCCN2)cc(OC)c1OCc1ccccc1.Cl. The Morgan fingerprint density at radius 1 is 1.14 bits per heavy atom. The van der Waals surface area contributed by atoms with E-state index in [4.69, 9.17) is 14.2 Å². The van der Waals surface area contributed by atoms with Gasteiger partial charge in [0, 0.05) is 18.2 Å². The lowest BCUT2D eigenvalue weighted by Crippen LogP contribution is -2.37. The highest BCUT2D eigenvalue weighted by atomic mass is 35.5. The summed E-state index contributed by atoms with van der Waals surface area (Å²) in [6, 6.07) is 13.5. The van der Waals surface area contributed by atoms with E-state index >= 15 is 0 Å². The maximum absolute atomic E-state index is 12.5. The molecule has 152 valence electrons. The fraction of sp³-hybridized carbons (Fsp3) is 0.381. The number of hydrogen-bond acceptors (Lipinski definition) is 5. The minimum Gasteiger partial charge on any atom is -0.493 e. The molecule has 7 heteroatoms. The van der Waals surface area contributed by atoms with Crippen molar-refractivity contribution in [3.05, 3.63) is 53.6 Å². The van der Waals surface area contributed by atoms with Crippen molar-refractivity contribution in [2.24, 2.45) is 0 Å². The van der Waals surface area contributed by atoms with Gasteiger partial charge in [-0.15, -0.1) is 12.4 Å². The zero-order chi connectivity index (χ0) is 19.1. The van der Waals surface area contributed by atoms with Crippen LogP contribution in [0.4, 0.5) is 0 Å². The molecule has 1 aliphatic heterocycles. The molecule has 28 heavy (non-hydrogen) atoms. The van der Waals surface area contributed by atoms with Crippen LogP contribution in [-0.4, -0.2) is 39.3 Å². The summed E-state index contributed by atoms with van der Waals surface area (Å²) in [5, 5.41) is 6.33. The molecule has 0 spiro atoms. The Morgan fingerprint density at radius 2 is 1.82 bits per heavy atom. The van der Waals surface area contributed by atoms with Crippen LogP contribution in [0.1, 0.15) is 28.8 Å². The van der Waals surface area contributed by atoms with Gasteiger partial charge in [-0.05, 0) is 37.1 Å². The van der Waals surface area contributed by atoms with Crippen LogP contribution < -0.4 is 24.8 Å². The average Bonchev–Trinajstić information content (AvgIpc) is 3.24. The Kier molecular flexibility index (Phi) is 8.42. The molecule has 1 fully saturated rings. The molecule has 1 unspecified atom stereocenters. The number of carbonyl (C=O) groups is 1. The molecule has 6 nitrogen and oxygen atoms in total. The molecule has 0 aliphatic carbocycles. The molecule has 2 N–H and O–H groups in total. The zero-order valence-corrected chi connectivity index (χ0v) is 17.0. The number of halogens is 1. The number of hydrogen-bond donors (Lipinski definition) is 2. The van der Waals surface area contributed by atoms with E-state index in [9.17, 15) is 4.79 Å². The number of methoxy groups -OCH3 is 2. The smallest absolute Gasteiger partial charge is 0.251 e. The maximum Gasteiger partial charge on any atom is 0.251 e. The zero-order valence-electron chi connectivity index (χ0n) is 16.2. The molecule has 0 bridgehead atoms. The second-order valence-electron chi connectivity index (χ2n) is 6.49. The maximum atomic E-state index is 12.5. The summed E-state index contributed by atoms with van der Waals surface area (Å²) >= 11 is 0. The van der Waals surface area contributed by atoms with Crippen molar-refractivity contribution >= 4 is 18.3 Å². The number of carbonyl (C=O) groups excluding carboxylic acids is 1. The average molecular weight is 407 g/mol. The molecular weight excluding hydrogens is 380 g/mol. The van der Waals surface area contributed by atoms with Crippen molar-refractivity contribution in [1.29, 1.82) is 0 Å². The van der Waals surface area contributed by atoms with Gasteiger partial charge >= 0.3 is 0 Å². The molecule has 1 amide bonds. The summed E-state index contributed by atoms with van der Waals surface area (Å²) in [5.74, 6) is 1.26. The molecular formula is C21H27ClN2O4. The van der Waals surface area contributed by atoms with Crippen LogP contribution in [0.5, 0.6) is 17.2 Å². The molecule has 0 radical (unpaired) electrons. The topological polar surface area (TPSA) is 68.8 Å². The first-order valence-corrected chi connectivity index (χ1v) is 9.15. The first-order valence-electron chi connectivity index (χ1n) is 9.15. The fourth-order valence-corrected chi connectivity index (χ4v) is 3.13. The van der Waals surface area contributed by atoms with Crippen molar-refractivity contribution in [2.75, 3.05) is 27.3 Å². The lowest BCUT2D eigenvalue weighted by Gasteiger charge is -2.17. The van der Waals surface area contributed by atoms with Crippen LogP contribution in [-0.2, 0) is 6.61 Å². The highest BCUT2D eigenvalue weighted by Crippen LogP contribution is 2.39. The van der Waals surface area contributed by atoms with Crippen LogP contribution >= 0.6 is 12.4 Å². The van der Waals surface area contributed by atoms with E-state index in [-0.39, 0.29) is 18.3 Å². The summed E-state index contributed by atoms with van der Waals surface area (Å²) in [7, 11) is 3.10.